The van der Waals surface area contributed by atoms with Gasteiger partial charge in [-0.15, -0.1) is 0 Å². The van der Waals surface area contributed by atoms with Gasteiger partial charge in [0.1, 0.15) is 11.6 Å². The molecule has 0 saturated heterocycles. The zero-order chi connectivity index (χ0) is 17.7. The zero-order valence-electron chi connectivity index (χ0n) is 12.9. The lowest BCUT2D eigenvalue weighted by Crippen LogP contribution is -2.35. The summed E-state index contributed by atoms with van der Waals surface area (Å²) in [7, 11) is -3.69. The van der Waals surface area contributed by atoms with E-state index in [0.29, 0.717) is 0 Å². The van der Waals surface area contributed by atoms with Gasteiger partial charge < -0.3 is 0 Å². The number of sulfonamides is 1. The lowest BCUT2D eigenvalue weighted by atomic mass is 10.2. The largest absolute Gasteiger partial charge is 0.328 e. The van der Waals surface area contributed by atoms with Gasteiger partial charge in [-0.25, -0.2) is 17.9 Å². The number of aromatic amines is 1. The van der Waals surface area contributed by atoms with E-state index >= 15 is 0 Å². The number of aryl methyl sites for hydroxylation is 1. The fourth-order valence-electron chi connectivity index (χ4n) is 2.04. The zero-order valence-corrected chi connectivity index (χ0v) is 13.8. The smallest absolute Gasteiger partial charge is 0.298 e. The summed E-state index contributed by atoms with van der Waals surface area (Å²) in [5.74, 6) is 0. The van der Waals surface area contributed by atoms with E-state index in [1.807, 2.05) is 11.9 Å². The van der Waals surface area contributed by atoms with E-state index in [9.17, 15) is 18.0 Å². The third-order valence-corrected chi connectivity index (χ3v) is 4.89. The number of rotatable bonds is 6. The van der Waals surface area contributed by atoms with Crippen molar-refractivity contribution in [2.24, 2.45) is 0 Å². The first-order valence-electron chi connectivity index (χ1n) is 7.20. The maximum absolute atomic E-state index is 12.2. The van der Waals surface area contributed by atoms with Crippen molar-refractivity contribution < 1.29 is 8.42 Å². The topological polar surface area (TPSA) is 125 Å². The second-order valence-corrected chi connectivity index (χ2v) is 6.77. The van der Waals surface area contributed by atoms with Gasteiger partial charge >= 0.3 is 5.69 Å². The summed E-state index contributed by atoms with van der Waals surface area (Å²) in [6.45, 7) is 1.89. The second-order valence-electron chi connectivity index (χ2n) is 5.00. The van der Waals surface area contributed by atoms with Gasteiger partial charge in [-0.05, 0) is 24.1 Å². The molecule has 1 heterocycles. The molecule has 0 saturated carbocycles. The molecule has 0 atom stereocenters. The molecule has 1 aromatic heterocycles. The average Bonchev–Trinajstić information content (AvgIpc) is 2.56. The molecule has 24 heavy (non-hydrogen) atoms. The summed E-state index contributed by atoms with van der Waals surface area (Å²) in [5, 5.41) is 8.78. The molecule has 0 fully saturated rings. The fraction of sp³-hybridized carbons (Fsp3) is 0.267. The molecule has 9 heteroatoms. The number of aromatic nitrogens is 2. The van der Waals surface area contributed by atoms with Gasteiger partial charge in [0.15, 0.2) is 0 Å². The van der Waals surface area contributed by atoms with Crippen LogP contribution in [0.3, 0.4) is 0 Å². The average molecular weight is 348 g/mol. The molecule has 1 aromatic carbocycles. The quantitative estimate of drug-likeness (QED) is 0.757. The predicted molar refractivity (Wildman–Crippen MR) is 87.0 cm³/mol. The summed E-state index contributed by atoms with van der Waals surface area (Å²) >= 11 is 0. The highest BCUT2D eigenvalue weighted by atomic mass is 32.2. The Kier molecular flexibility index (Phi) is 5.33. The lowest BCUT2D eigenvalue weighted by molar-refractivity contribution is 0.567. The van der Waals surface area contributed by atoms with Gasteiger partial charge in [0.25, 0.3) is 5.56 Å². The Labute approximate surface area is 138 Å². The van der Waals surface area contributed by atoms with Crippen LogP contribution in [0.15, 0.2) is 44.9 Å². The van der Waals surface area contributed by atoms with Crippen molar-refractivity contribution in [1.82, 2.24) is 14.3 Å². The third-order valence-electron chi connectivity index (χ3n) is 3.42. The third kappa shape index (κ3) is 3.98. The molecular weight excluding hydrogens is 332 g/mol. The van der Waals surface area contributed by atoms with Crippen molar-refractivity contribution >= 4 is 10.0 Å². The highest BCUT2D eigenvalue weighted by Gasteiger charge is 2.13. The van der Waals surface area contributed by atoms with E-state index in [0.717, 1.165) is 22.7 Å². The molecule has 0 bridgehead atoms. The molecule has 8 nitrogen and oxygen atoms in total. The Morgan fingerprint density at radius 1 is 1.25 bits per heavy atom. The Balaban J connectivity index is 2.09. The molecule has 0 aliphatic carbocycles. The van der Waals surface area contributed by atoms with Crippen LogP contribution in [0.2, 0.25) is 0 Å². The molecule has 0 unspecified atom stereocenters. The van der Waals surface area contributed by atoms with Crippen molar-refractivity contribution in [3.63, 3.8) is 0 Å². The summed E-state index contributed by atoms with van der Waals surface area (Å²) in [4.78, 5) is 25.0. The number of hydrogen-bond donors (Lipinski definition) is 2. The highest BCUT2D eigenvalue weighted by molar-refractivity contribution is 7.89. The minimum atomic E-state index is -3.69. The van der Waals surface area contributed by atoms with Crippen LogP contribution in [0.5, 0.6) is 0 Å². The minimum absolute atomic E-state index is 0.0173. The molecule has 0 spiro atoms. The number of H-pyrrole nitrogens is 1. The number of nitrogens with zero attached hydrogens (tertiary/aromatic N) is 2. The van der Waals surface area contributed by atoms with Crippen LogP contribution in [-0.2, 0) is 23.0 Å². The van der Waals surface area contributed by atoms with Crippen molar-refractivity contribution in [3.05, 3.63) is 62.4 Å². The Morgan fingerprint density at radius 2 is 1.92 bits per heavy atom. The van der Waals surface area contributed by atoms with Crippen molar-refractivity contribution in [2.45, 2.75) is 24.8 Å². The number of hydrogen-bond acceptors (Lipinski definition) is 5. The summed E-state index contributed by atoms with van der Waals surface area (Å²) in [6.07, 6.45) is 1.91. The Bertz CT molecular complexity index is 982. The maximum Gasteiger partial charge on any atom is 0.328 e. The normalized spacial score (nSPS) is 11.2. The Hall–Kier alpha value is -2.70. The minimum Gasteiger partial charge on any atom is -0.298 e. The van der Waals surface area contributed by atoms with Crippen LogP contribution in [0.1, 0.15) is 18.1 Å². The molecule has 0 aliphatic rings. The first-order valence-corrected chi connectivity index (χ1v) is 8.68. The van der Waals surface area contributed by atoms with Crippen LogP contribution < -0.4 is 16.0 Å². The van der Waals surface area contributed by atoms with Gasteiger partial charge in [-0.2, -0.15) is 5.26 Å². The molecule has 2 N–H and O–H groups in total. The second kappa shape index (κ2) is 7.25. The molecule has 126 valence electrons. The van der Waals surface area contributed by atoms with E-state index in [-0.39, 0.29) is 23.5 Å². The first kappa shape index (κ1) is 17.7. The molecule has 0 amide bonds. The standard InChI is InChI=1S/C15H16N4O4S/c1-2-11-3-5-13(6-4-11)24(22,23)17-7-8-19-10-12(9-16)14(20)18-15(19)21/h3-6,10,17H,2,7-8H2,1H3,(H,18,20,21). The maximum atomic E-state index is 12.2. The Morgan fingerprint density at radius 3 is 2.50 bits per heavy atom. The number of nitrogens with one attached hydrogen (secondary N) is 2. The van der Waals surface area contributed by atoms with Crippen LogP contribution >= 0.6 is 0 Å². The van der Waals surface area contributed by atoms with E-state index in [4.69, 9.17) is 5.26 Å². The predicted octanol–water partition coefficient (Wildman–Crippen LogP) is -0.0508. The van der Waals surface area contributed by atoms with E-state index < -0.39 is 21.3 Å². The van der Waals surface area contributed by atoms with Crippen molar-refractivity contribution in [3.8, 4) is 6.07 Å². The summed E-state index contributed by atoms with van der Waals surface area (Å²) < 4.78 is 27.8. The number of benzene rings is 1. The van der Waals surface area contributed by atoms with Gasteiger partial charge in [-0.3, -0.25) is 14.3 Å². The van der Waals surface area contributed by atoms with Crippen LogP contribution in [-0.4, -0.2) is 24.5 Å². The molecule has 2 rings (SSSR count). The fourth-order valence-corrected chi connectivity index (χ4v) is 3.06. The molecule has 0 aliphatic heterocycles. The molecular formula is C15H16N4O4S. The summed E-state index contributed by atoms with van der Waals surface area (Å²) in [6, 6.07) is 8.17. The van der Waals surface area contributed by atoms with Gasteiger partial charge in [0.05, 0.1) is 4.90 Å². The van der Waals surface area contributed by atoms with Gasteiger partial charge in [-0.1, -0.05) is 19.1 Å². The van der Waals surface area contributed by atoms with E-state index in [2.05, 4.69) is 4.72 Å². The summed E-state index contributed by atoms with van der Waals surface area (Å²) in [5.41, 5.74) is -0.661. The van der Waals surface area contributed by atoms with Gasteiger partial charge in [0, 0.05) is 19.3 Å². The van der Waals surface area contributed by atoms with Crippen LogP contribution in [0.25, 0.3) is 0 Å². The van der Waals surface area contributed by atoms with E-state index in [1.54, 1.807) is 18.2 Å². The van der Waals surface area contributed by atoms with Gasteiger partial charge in [0.2, 0.25) is 10.0 Å². The van der Waals surface area contributed by atoms with Crippen LogP contribution in [0, 0.1) is 11.3 Å². The monoisotopic (exact) mass is 348 g/mol. The highest BCUT2D eigenvalue weighted by Crippen LogP contribution is 2.10. The van der Waals surface area contributed by atoms with Crippen molar-refractivity contribution in [1.29, 1.82) is 5.26 Å². The van der Waals surface area contributed by atoms with E-state index in [1.165, 1.54) is 12.1 Å². The lowest BCUT2D eigenvalue weighted by Gasteiger charge is -2.09. The van der Waals surface area contributed by atoms with Crippen molar-refractivity contribution in [2.75, 3.05) is 6.54 Å². The SMILES string of the molecule is CCc1ccc(S(=O)(=O)NCCn2cc(C#N)c(=O)[nH]c2=O)cc1. The number of nitriles is 1. The van der Waals surface area contributed by atoms with Crippen LogP contribution in [0.4, 0.5) is 0 Å². The first-order chi connectivity index (χ1) is 11.4. The molecule has 2 aromatic rings. The molecule has 0 radical (unpaired) electrons.